The van der Waals surface area contributed by atoms with Gasteiger partial charge in [-0.2, -0.15) is 0 Å². The number of aliphatic hydroxyl groups excluding tert-OH is 3. The van der Waals surface area contributed by atoms with Gasteiger partial charge in [0.2, 0.25) is 0 Å². The minimum Gasteiger partial charge on any atom is -0.394 e. The highest BCUT2D eigenvalue weighted by Gasteiger charge is 2.26. The first kappa shape index (κ1) is 14.2. The molecule has 0 aliphatic carbocycles. The number of aldehydes is 1. The lowest BCUT2D eigenvalue weighted by Crippen LogP contribution is -2.41. The van der Waals surface area contributed by atoms with E-state index in [9.17, 15) is 14.7 Å². The summed E-state index contributed by atoms with van der Waals surface area (Å²) in [6, 6.07) is 0. The molecule has 0 aromatic heterocycles. The Morgan fingerprint density at radius 3 is 2.47 bits per heavy atom. The second kappa shape index (κ2) is 7.47. The zero-order valence-electron chi connectivity index (χ0n) is 8.50. The van der Waals surface area contributed by atoms with E-state index in [4.69, 9.17) is 14.9 Å². The van der Waals surface area contributed by atoms with Crippen molar-refractivity contribution in [2.75, 3.05) is 13.2 Å². The number of hydrogen-bond acceptors (Lipinski definition) is 6. The summed E-state index contributed by atoms with van der Waals surface area (Å²) in [7, 11) is 0. The molecule has 0 aromatic rings. The average Bonchev–Trinajstić information content (AvgIpc) is 2.21. The third-order valence-corrected chi connectivity index (χ3v) is 1.79. The summed E-state index contributed by atoms with van der Waals surface area (Å²) < 4.78 is 4.93. The summed E-state index contributed by atoms with van der Waals surface area (Å²) in [6.07, 6.45) is -3.39. The van der Waals surface area contributed by atoms with Gasteiger partial charge in [-0.15, -0.1) is 0 Å². The monoisotopic (exact) mass is 220 g/mol. The molecule has 6 heteroatoms. The molecular formula is C9H16O6. The van der Waals surface area contributed by atoms with Gasteiger partial charge in [0.25, 0.3) is 0 Å². The number of aliphatic hydroxyl groups is 3. The molecule has 88 valence electrons. The SMILES string of the molecule is CC(=O)CO[C@@H](CC=O)[C@@H](O)[C@@H](O)CO. The van der Waals surface area contributed by atoms with Crippen molar-refractivity contribution in [3.63, 3.8) is 0 Å². The maximum atomic E-state index is 10.6. The first-order valence-corrected chi connectivity index (χ1v) is 4.54. The number of rotatable bonds is 8. The molecule has 0 heterocycles. The van der Waals surface area contributed by atoms with Crippen LogP contribution in [0.1, 0.15) is 13.3 Å². The molecule has 0 rings (SSSR count). The fourth-order valence-electron chi connectivity index (χ4n) is 0.981. The Labute approximate surface area is 87.5 Å². The first-order valence-electron chi connectivity index (χ1n) is 4.54. The predicted molar refractivity (Wildman–Crippen MR) is 50.2 cm³/mol. The van der Waals surface area contributed by atoms with Crippen LogP contribution >= 0.6 is 0 Å². The number of carbonyl (C=O) groups is 2. The molecule has 15 heavy (non-hydrogen) atoms. The highest BCUT2D eigenvalue weighted by atomic mass is 16.5. The summed E-state index contributed by atoms with van der Waals surface area (Å²) in [5.74, 6) is -0.253. The van der Waals surface area contributed by atoms with Crippen LogP contribution in [0.25, 0.3) is 0 Å². The molecule has 0 saturated heterocycles. The number of hydrogen-bond donors (Lipinski definition) is 3. The number of Topliss-reactive ketones (excluding diaryl/α,β-unsaturated/α-hetero) is 1. The molecule has 0 bridgehead atoms. The molecule has 3 atom stereocenters. The minimum absolute atomic E-state index is 0.147. The van der Waals surface area contributed by atoms with Crippen molar-refractivity contribution in [1.29, 1.82) is 0 Å². The molecule has 0 aliphatic heterocycles. The lowest BCUT2D eigenvalue weighted by atomic mass is 10.1. The van der Waals surface area contributed by atoms with E-state index in [2.05, 4.69) is 0 Å². The molecule has 0 spiro atoms. The molecule has 6 nitrogen and oxygen atoms in total. The molecule has 0 fully saturated rings. The quantitative estimate of drug-likeness (QED) is 0.420. The van der Waals surface area contributed by atoms with E-state index < -0.39 is 24.9 Å². The van der Waals surface area contributed by atoms with Crippen molar-refractivity contribution in [1.82, 2.24) is 0 Å². The van der Waals surface area contributed by atoms with Crippen LogP contribution in [0.2, 0.25) is 0 Å². The fourth-order valence-corrected chi connectivity index (χ4v) is 0.981. The van der Waals surface area contributed by atoms with Gasteiger partial charge in [0.15, 0.2) is 5.78 Å². The van der Waals surface area contributed by atoms with E-state index in [0.717, 1.165) is 0 Å². The maximum absolute atomic E-state index is 10.6. The standard InChI is InChI=1S/C9H16O6/c1-6(12)5-15-8(2-3-10)9(14)7(13)4-11/h3,7-9,11,13-14H,2,4-5H2,1H3/t7-,8-,9-/m0/s1. The van der Waals surface area contributed by atoms with Crippen molar-refractivity contribution in [3.05, 3.63) is 0 Å². The predicted octanol–water partition coefficient (Wildman–Crippen LogP) is -1.74. The van der Waals surface area contributed by atoms with Gasteiger partial charge >= 0.3 is 0 Å². The number of ketones is 1. The van der Waals surface area contributed by atoms with Gasteiger partial charge in [-0.3, -0.25) is 4.79 Å². The van der Waals surface area contributed by atoms with Crippen LogP contribution in [-0.2, 0) is 14.3 Å². The summed E-state index contributed by atoms with van der Waals surface area (Å²) in [5.41, 5.74) is 0. The van der Waals surface area contributed by atoms with Crippen LogP contribution in [0.3, 0.4) is 0 Å². The lowest BCUT2D eigenvalue weighted by molar-refractivity contribution is -0.136. The van der Waals surface area contributed by atoms with Crippen molar-refractivity contribution < 1.29 is 29.6 Å². The Balaban J connectivity index is 4.22. The van der Waals surface area contributed by atoms with E-state index in [1.54, 1.807) is 0 Å². The van der Waals surface area contributed by atoms with Gasteiger partial charge in [0, 0.05) is 6.42 Å². The largest absolute Gasteiger partial charge is 0.394 e. The molecule has 0 aliphatic rings. The average molecular weight is 220 g/mol. The lowest BCUT2D eigenvalue weighted by Gasteiger charge is -2.24. The van der Waals surface area contributed by atoms with Gasteiger partial charge < -0.3 is 24.9 Å². The van der Waals surface area contributed by atoms with Crippen LogP contribution in [0.5, 0.6) is 0 Å². The highest BCUT2D eigenvalue weighted by molar-refractivity contribution is 5.76. The molecule has 0 unspecified atom stereocenters. The smallest absolute Gasteiger partial charge is 0.155 e. The Hall–Kier alpha value is -0.820. The summed E-state index contributed by atoms with van der Waals surface area (Å²) in [4.78, 5) is 20.9. The fraction of sp³-hybridized carbons (Fsp3) is 0.778. The minimum atomic E-state index is -1.39. The maximum Gasteiger partial charge on any atom is 0.155 e. The van der Waals surface area contributed by atoms with Crippen LogP contribution in [-0.4, -0.2) is 58.9 Å². The Bertz CT molecular complexity index is 205. The molecule has 0 saturated carbocycles. The second-order valence-electron chi connectivity index (χ2n) is 3.19. The highest BCUT2D eigenvalue weighted by Crippen LogP contribution is 2.07. The van der Waals surface area contributed by atoms with Gasteiger partial charge in [0.1, 0.15) is 25.1 Å². The number of carbonyl (C=O) groups excluding carboxylic acids is 2. The van der Waals surface area contributed by atoms with Crippen molar-refractivity contribution >= 4 is 12.1 Å². The normalized spacial score (nSPS) is 16.8. The number of ether oxygens (including phenoxy) is 1. The van der Waals surface area contributed by atoms with E-state index in [-0.39, 0.29) is 18.8 Å². The van der Waals surface area contributed by atoms with Crippen LogP contribution in [0.15, 0.2) is 0 Å². The second-order valence-corrected chi connectivity index (χ2v) is 3.19. The topological polar surface area (TPSA) is 104 Å². The van der Waals surface area contributed by atoms with Crippen LogP contribution in [0, 0.1) is 0 Å². The third kappa shape index (κ3) is 5.58. The molecular weight excluding hydrogens is 204 g/mol. The van der Waals surface area contributed by atoms with E-state index in [0.29, 0.717) is 6.29 Å². The summed E-state index contributed by atoms with van der Waals surface area (Å²) in [6.45, 7) is 0.417. The van der Waals surface area contributed by atoms with Crippen molar-refractivity contribution in [2.45, 2.75) is 31.7 Å². The van der Waals surface area contributed by atoms with Crippen LogP contribution in [0.4, 0.5) is 0 Å². The Morgan fingerprint density at radius 1 is 1.47 bits per heavy atom. The zero-order valence-corrected chi connectivity index (χ0v) is 8.50. The van der Waals surface area contributed by atoms with Gasteiger partial charge in [-0.1, -0.05) is 0 Å². The van der Waals surface area contributed by atoms with E-state index in [1.807, 2.05) is 0 Å². The van der Waals surface area contributed by atoms with Gasteiger partial charge in [-0.25, -0.2) is 0 Å². The molecule has 3 N–H and O–H groups in total. The van der Waals surface area contributed by atoms with Crippen molar-refractivity contribution in [2.24, 2.45) is 0 Å². The Kier molecular flexibility index (Phi) is 7.06. The van der Waals surface area contributed by atoms with Crippen molar-refractivity contribution in [3.8, 4) is 0 Å². The Morgan fingerprint density at radius 2 is 2.07 bits per heavy atom. The molecule has 0 aromatic carbocycles. The molecule has 0 amide bonds. The van der Waals surface area contributed by atoms with Crippen LogP contribution < -0.4 is 0 Å². The van der Waals surface area contributed by atoms with E-state index in [1.165, 1.54) is 6.92 Å². The zero-order chi connectivity index (χ0) is 11.8. The van der Waals surface area contributed by atoms with Gasteiger partial charge in [-0.05, 0) is 6.92 Å². The third-order valence-electron chi connectivity index (χ3n) is 1.79. The first-order chi connectivity index (χ1) is 7.02. The van der Waals surface area contributed by atoms with Gasteiger partial charge in [0.05, 0.1) is 12.7 Å². The molecule has 0 radical (unpaired) electrons. The summed E-state index contributed by atoms with van der Waals surface area (Å²) >= 11 is 0. The van der Waals surface area contributed by atoms with E-state index >= 15 is 0 Å². The summed E-state index contributed by atoms with van der Waals surface area (Å²) in [5, 5.41) is 27.1.